The van der Waals surface area contributed by atoms with Crippen molar-refractivity contribution < 1.29 is 68.1 Å². The molecule has 0 saturated carbocycles. The van der Waals surface area contributed by atoms with Gasteiger partial charge in [-0.2, -0.15) is 0 Å². The van der Waals surface area contributed by atoms with Gasteiger partial charge in [0.05, 0.1) is 0 Å². The average Bonchev–Trinajstić information content (AvgIpc) is 1.91. The summed E-state index contributed by atoms with van der Waals surface area (Å²) >= 11 is 1.86. The summed E-state index contributed by atoms with van der Waals surface area (Å²) in [4.78, 5) is 23.7. The van der Waals surface area contributed by atoms with Gasteiger partial charge >= 0.3 is 95.6 Å². The number of halogens is 1. The Bertz CT molecular complexity index is 122. The molecule has 8 heteroatoms. The van der Waals surface area contributed by atoms with E-state index in [4.69, 9.17) is 0 Å². The Kier molecular flexibility index (Phi) is 13.5. The van der Waals surface area contributed by atoms with Gasteiger partial charge in [0.15, 0.2) is 0 Å². The maximum absolute atomic E-state index is 9.92. The molecule has 5 nitrogen and oxygen atoms in total. The van der Waals surface area contributed by atoms with Crippen LogP contribution in [0.4, 0.5) is 0 Å². The van der Waals surface area contributed by atoms with Gasteiger partial charge in [-0.25, -0.2) is 0 Å². The first-order valence-corrected chi connectivity index (χ1v) is 5.54. The maximum atomic E-state index is 9.92. The van der Waals surface area contributed by atoms with Crippen LogP contribution in [0, 0.1) is 39.2 Å². The Labute approximate surface area is 94.5 Å². The molecule has 0 unspecified atom stereocenters. The van der Waals surface area contributed by atoms with Gasteiger partial charge in [-0.3, -0.25) is 0 Å². The van der Waals surface area contributed by atoms with Crippen LogP contribution >= 0.6 is 9.69 Å². The van der Waals surface area contributed by atoms with Crippen LogP contribution in [-0.2, 0) is 28.7 Å². The van der Waals surface area contributed by atoms with Crippen LogP contribution in [0.25, 0.3) is 0 Å². The van der Waals surface area contributed by atoms with Crippen molar-refractivity contribution in [1.29, 1.82) is 0 Å². The van der Waals surface area contributed by atoms with Crippen molar-refractivity contribution in [2.24, 2.45) is 0 Å². The minimum absolute atomic E-state index is 0.0387. The molecule has 0 N–H and O–H groups in total. The van der Waals surface area contributed by atoms with Gasteiger partial charge in [0.25, 0.3) is 0 Å². The zero-order valence-electron chi connectivity index (χ0n) is 4.89. The van der Waals surface area contributed by atoms with Crippen LogP contribution in [-0.4, -0.2) is 11.1 Å². The third kappa shape index (κ3) is 11.7. The number of carbonyl (C=O) groups is 1. The molecule has 0 aromatic carbocycles. The second kappa shape index (κ2) is 9.98. The Hall–Kier alpha value is 0.978. The van der Waals surface area contributed by atoms with E-state index in [1.165, 1.54) is 0 Å². The van der Waals surface area contributed by atoms with Crippen LogP contribution in [0.1, 0.15) is 6.92 Å². The summed E-state index contributed by atoms with van der Waals surface area (Å²) in [6.45, 7) is 1.12. The fourth-order valence-corrected chi connectivity index (χ4v) is 0.262. The molecule has 0 radical (unpaired) electrons. The van der Waals surface area contributed by atoms with Crippen LogP contribution in [0.15, 0.2) is 0 Å². The second-order valence-electron chi connectivity index (χ2n) is 0.912. The standard InChI is InChI=1S/C2H3NO4.ClH.La.Ru/c1-2(4)7-3(5)6;;;/h1H3;1H;;/q;;2*+1/p-1. The SMILES string of the molecule is CC(=O)O[N+](=O)[O][La].[Cl][Ru]. The zero-order valence-corrected chi connectivity index (χ0v) is 11.0. The Balaban J connectivity index is 0. The Morgan fingerprint density at radius 1 is 1.70 bits per heavy atom. The van der Waals surface area contributed by atoms with Crippen LogP contribution in [0.3, 0.4) is 0 Å². The molecule has 10 heavy (non-hydrogen) atoms. The molecule has 0 fully saturated rings. The number of rotatable bonds is 2. The van der Waals surface area contributed by atoms with E-state index in [0.717, 1.165) is 6.92 Å². The van der Waals surface area contributed by atoms with Gasteiger partial charge in [-0.15, -0.1) is 0 Å². The Morgan fingerprint density at radius 3 is 2.20 bits per heavy atom. The summed E-state index contributed by atoms with van der Waals surface area (Å²) in [6, 6.07) is 0. The molecule has 0 aromatic heterocycles. The van der Waals surface area contributed by atoms with Crippen molar-refractivity contribution in [3.63, 3.8) is 0 Å². The van der Waals surface area contributed by atoms with E-state index in [0.29, 0.717) is 0 Å². The summed E-state index contributed by atoms with van der Waals surface area (Å²) in [5.41, 5.74) is 0. The van der Waals surface area contributed by atoms with E-state index >= 15 is 0 Å². The molecule has 0 rings (SSSR count). The van der Waals surface area contributed by atoms with Gasteiger partial charge in [0, 0.05) is 0 Å². The molecule has 0 spiro atoms. The summed E-state index contributed by atoms with van der Waals surface area (Å²) < 4.78 is 4.06. The van der Waals surface area contributed by atoms with Crippen LogP contribution in [0.5, 0.6) is 0 Å². The fourth-order valence-electron chi connectivity index (χ4n) is 0.126. The number of carbonyl (C=O) groups excluding carboxylic acids is 1. The van der Waals surface area contributed by atoms with Crippen molar-refractivity contribution in [3.05, 3.63) is 4.91 Å². The first kappa shape index (κ1) is 13.6. The molecule has 0 bridgehead atoms. The molecule has 0 saturated heterocycles. The van der Waals surface area contributed by atoms with Gasteiger partial charge in [-0.1, -0.05) is 0 Å². The monoisotopic (exact) mass is 381 g/mol. The third-order valence-corrected chi connectivity index (χ3v) is 0.830. The summed E-state index contributed by atoms with van der Waals surface area (Å²) in [5.74, 6) is -0.680. The van der Waals surface area contributed by atoms with E-state index < -0.39 is 5.97 Å². The molecule has 57 valence electrons. The minimum atomic E-state index is -0.680. The van der Waals surface area contributed by atoms with Crippen LogP contribution in [0.2, 0.25) is 0 Å². The predicted octanol–water partition coefficient (Wildman–Crippen LogP) is 0.326. The van der Waals surface area contributed by atoms with E-state index in [1.807, 2.05) is 17.3 Å². The molecular formula is C2H3ClLaNO4Ru+. The molecule has 0 aliphatic rings. The van der Waals surface area contributed by atoms with Crippen molar-refractivity contribution in [3.8, 4) is 0 Å². The van der Waals surface area contributed by atoms with Gasteiger partial charge in [-0.05, 0) is 0 Å². The molecule has 0 aromatic rings. The number of hydrogen-bond donors (Lipinski definition) is 0. The van der Waals surface area contributed by atoms with Gasteiger partial charge < -0.3 is 0 Å². The zero-order chi connectivity index (χ0) is 8.57. The average molecular weight is 380 g/mol. The third-order valence-electron chi connectivity index (χ3n) is 0.289. The number of nitrogens with zero attached hydrogens (tertiary/aromatic N) is 1. The first-order chi connectivity index (χ1) is 4.66. The molecule has 0 amide bonds. The molecule has 0 atom stereocenters. The fraction of sp³-hybridized carbons (Fsp3) is 0.500. The van der Waals surface area contributed by atoms with Crippen molar-refractivity contribution in [1.82, 2.24) is 0 Å². The van der Waals surface area contributed by atoms with Crippen molar-refractivity contribution >= 4 is 15.7 Å². The summed E-state index contributed by atoms with van der Waals surface area (Å²) in [6.07, 6.45) is 0. The second-order valence-corrected chi connectivity index (χ2v) is 1.57. The van der Waals surface area contributed by atoms with Crippen molar-refractivity contribution in [2.45, 2.75) is 6.92 Å². The molecular weight excluding hydrogens is 377 g/mol. The quantitative estimate of drug-likeness (QED) is 0.512. The van der Waals surface area contributed by atoms with E-state index in [1.54, 1.807) is 0 Å². The molecule has 0 heterocycles. The van der Waals surface area contributed by atoms with E-state index in [9.17, 15) is 9.70 Å². The normalized spacial score (nSPS) is 6.60. The topological polar surface area (TPSA) is 55.6 Å². The van der Waals surface area contributed by atoms with Crippen LogP contribution < -0.4 is 0 Å². The first-order valence-electron chi connectivity index (χ1n) is 1.83. The molecule has 0 aliphatic heterocycles. The summed E-state index contributed by atoms with van der Waals surface area (Å²) in [5, 5.41) is -0.201. The van der Waals surface area contributed by atoms with E-state index in [2.05, 4.69) is 16.3 Å². The van der Waals surface area contributed by atoms with Gasteiger partial charge in [0.2, 0.25) is 0 Å². The van der Waals surface area contributed by atoms with Crippen molar-refractivity contribution in [2.75, 3.05) is 0 Å². The Morgan fingerprint density at radius 2 is 2.10 bits per heavy atom. The summed E-state index contributed by atoms with van der Waals surface area (Å²) in [7, 11) is 4.57. The van der Waals surface area contributed by atoms with E-state index in [-0.39, 0.29) is 39.4 Å². The predicted molar refractivity (Wildman–Crippen MR) is 22.3 cm³/mol. The number of hydrogen-bond acceptors (Lipinski definition) is 4. The van der Waals surface area contributed by atoms with Gasteiger partial charge in [0.1, 0.15) is 0 Å². The molecule has 0 aliphatic carbocycles.